The maximum absolute atomic E-state index is 13.7. The average molecular weight is 462 g/mol. The Hall–Kier alpha value is -4.53. The van der Waals surface area contributed by atoms with E-state index in [9.17, 15) is 22.8 Å². The zero-order valence-electron chi connectivity index (χ0n) is 17.5. The third-order valence-corrected chi connectivity index (χ3v) is 4.91. The number of anilines is 2. The Balaban J connectivity index is 1.83. The van der Waals surface area contributed by atoms with Crippen LogP contribution in [0.3, 0.4) is 0 Å². The SMILES string of the molecule is O=C(Nc1ccc(F)cc1)[C@H](c1ccc(F)cc1)N(C(=O)c1cnccn1)c1ccc(F)cc1. The number of benzene rings is 3. The van der Waals surface area contributed by atoms with Crippen LogP contribution in [0.1, 0.15) is 22.1 Å². The lowest BCUT2D eigenvalue weighted by molar-refractivity contribution is -0.117. The van der Waals surface area contributed by atoms with Gasteiger partial charge in [-0.05, 0) is 66.2 Å². The highest BCUT2D eigenvalue weighted by Gasteiger charge is 2.34. The van der Waals surface area contributed by atoms with E-state index in [1.807, 2.05) is 0 Å². The molecule has 0 aliphatic carbocycles. The van der Waals surface area contributed by atoms with Crippen LogP contribution in [0.25, 0.3) is 0 Å². The molecule has 9 heteroatoms. The third-order valence-electron chi connectivity index (χ3n) is 4.91. The average Bonchev–Trinajstić information content (AvgIpc) is 2.85. The Morgan fingerprint density at radius 1 is 0.765 bits per heavy atom. The molecule has 0 radical (unpaired) electrons. The summed E-state index contributed by atoms with van der Waals surface area (Å²) < 4.78 is 40.6. The van der Waals surface area contributed by atoms with Crippen molar-refractivity contribution in [2.24, 2.45) is 0 Å². The van der Waals surface area contributed by atoms with E-state index >= 15 is 0 Å². The summed E-state index contributed by atoms with van der Waals surface area (Å²) in [5.74, 6) is -2.92. The Bertz CT molecular complexity index is 1280. The van der Waals surface area contributed by atoms with Crippen molar-refractivity contribution >= 4 is 23.2 Å². The van der Waals surface area contributed by atoms with Gasteiger partial charge in [0.25, 0.3) is 11.8 Å². The number of halogens is 3. The summed E-state index contributed by atoms with van der Waals surface area (Å²) in [4.78, 5) is 36.1. The first-order chi connectivity index (χ1) is 16.4. The molecule has 1 N–H and O–H groups in total. The Labute approximate surface area is 192 Å². The molecule has 0 saturated carbocycles. The minimum Gasteiger partial charge on any atom is -0.324 e. The van der Waals surface area contributed by atoms with Crippen LogP contribution >= 0.6 is 0 Å². The summed E-state index contributed by atoms with van der Waals surface area (Å²) in [5, 5.41) is 2.65. The summed E-state index contributed by atoms with van der Waals surface area (Å²) in [5.41, 5.74) is 0.696. The van der Waals surface area contributed by atoms with Gasteiger partial charge in [-0.25, -0.2) is 18.2 Å². The van der Waals surface area contributed by atoms with Gasteiger partial charge >= 0.3 is 0 Å². The zero-order valence-corrected chi connectivity index (χ0v) is 17.5. The van der Waals surface area contributed by atoms with Crippen LogP contribution in [0, 0.1) is 17.5 Å². The van der Waals surface area contributed by atoms with Crippen molar-refractivity contribution in [3.63, 3.8) is 0 Å². The molecule has 0 saturated heterocycles. The molecule has 1 heterocycles. The lowest BCUT2D eigenvalue weighted by atomic mass is 10.0. The van der Waals surface area contributed by atoms with Crippen molar-refractivity contribution in [3.8, 4) is 0 Å². The highest BCUT2D eigenvalue weighted by molar-refractivity contribution is 6.11. The fourth-order valence-electron chi connectivity index (χ4n) is 3.32. The van der Waals surface area contributed by atoms with E-state index in [4.69, 9.17) is 0 Å². The molecule has 4 rings (SSSR count). The van der Waals surface area contributed by atoms with Crippen LogP contribution in [0.4, 0.5) is 24.5 Å². The molecular formula is C25H17F3N4O2. The van der Waals surface area contributed by atoms with E-state index in [-0.39, 0.29) is 22.6 Å². The van der Waals surface area contributed by atoms with Crippen molar-refractivity contribution in [2.75, 3.05) is 10.2 Å². The fraction of sp³-hybridized carbons (Fsp3) is 0.0400. The fourth-order valence-corrected chi connectivity index (χ4v) is 3.32. The number of carbonyl (C=O) groups is 2. The van der Waals surface area contributed by atoms with Crippen LogP contribution < -0.4 is 10.2 Å². The van der Waals surface area contributed by atoms with Gasteiger partial charge in [-0.3, -0.25) is 19.5 Å². The van der Waals surface area contributed by atoms with Crippen molar-refractivity contribution in [1.29, 1.82) is 0 Å². The second-order valence-corrected chi connectivity index (χ2v) is 7.19. The molecule has 6 nitrogen and oxygen atoms in total. The highest BCUT2D eigenvalue weighted by Crippen LogP contribution is 2.31. The molecular weight excluding hydrogens is 445 g/mol. The van der Waals surface area contributed by atoms with Gasteiger partial charge < -0.3 is 5.32 Å². The number of nitrogens with zero attached hydrogens (tertiary/aromatic N) is 3. The van der Waals surface area contributed by atoms with Gasteiger partial charge in [0.2, 0.25) is 0 Å². The first-order valence-electron chi connectivity index (χ1n) is 10.1. The molecule has 3 aromatic carbocycles. The number of aromatic nitrogens is 2. The van der Waals surface area contributed by atoms with E-state index in [1.54, 1.807) is 0 Å². The smallest absolute Gasteiger partial charge is 0.279 e. The van der Waals surface area contributed by atoms with E-state index < -0.39 is 35.3 Å². The highest BCUT2D eigenvalue weighted by atomic mass is 19.1. The maximum Gasteiger partial charge on any atom is 0.279 e. The standard InChI is InChI=1S/C25H17F3N4O2/c26-17-3-1-16(2-4-17)23(24(33)31-20-9-5-18(27)6-10-20)32(21-11-7-19(28)8-12-21)25(34)22-15-29-13-14-30-22/h1-15,23H,(H,31,33)/t23-/m0/s1. The predicted molar refractivity (Wildman–Crippen MR) is 119 cm³/mol. The zero-order chi connectivity index (χ0) is 24.1. The first kappa shape index (κ1) is 22.7. The van der Waals surface area contributed by atoms with Gasteiger partial charge in [-0.15, -0.1) is 0 Å². The summed E-state index contributed by atoms with van der Waals surface area (Å²) in [6.45, 7) is 0. The molecule has 2 amide bonds. The molecule has 0 aliphatic heterocycles. The van der Waals surface area contributed by atoms with Gasteiger partial charge in [0, 0.05) is 23.8 Å². The van der Waals surface area contributed by atoms with Gasteiger partial charge in [-0.1, -0.05) is 12.1 Å². The topological polar surface area (TPSA) is 75.2 Å². The second kappa shape index (κ2) is 9.95. The van der Waals surface area contributed by atoms with Crippen molar-refractivity contribution in [1.82, 2.24) is 9.97 Å². The minimum absolute atomic E-state index is 0.0616. The van der Waals surface area contributed by atoms with E-state index in [0.717, 1.165) is 29.2 Å². The molecule has 0 fully saturated rings. The monoisotopic (exact) mass is 462 g/mol. The van der Waals surface area contributed by atoms with Crippen molar-refractivity contribution < 1.29 is 22.8 Å². The molecule has 34 heavy (non-hydrogen) atoms. The molecule has 170 valence electrons. The largest absolute Gasteiger partial charge is 0.324 e. The third kappa shape index (κ3) is 5.09. The maximum atomic E-state index is 13.7. The molecule has 0 bridgehead atoms. The Kier molecular flexibility index (Phi) is 6.63. The summed E-state index contributed by atoms with van der Waals surface area (Å²) in [6.07, 6.45) is 3.94. The lowest BCUT2D eigenvalue weighted by Crippen LogP contribution is -2.42. The van der Waals surface area contributed by atoms with Gasteiger partial charge in [0.1, 0.15) is 29.2 Å². The van der Waals surface area contributed by atoms with E-state index in [0.29, 0.717) is 0 Å². The lowest BCUT2D eigenvalue weighted by Gasteiger charge is -2.31. The van der Waals surface area contributed by atoms with Gasteiger partial charge in [-0.2, -0.15) is 0 Å². The van der Waals surface area contributed by atoms with Gasteiger partial charge in [0.15, 0.2) is 0 Å². The van der Waals surface area contributed by atoms with Crippen LogP contribution in [0.15, 0.2) is 91.4 Å². The molecule has 4 aromatic rings. The van der Waals surface area contributed by atoms with Crippen LogP contribution in [-0.2, 0) is 4.79 Å². The van der Waals surface area contributed by atoms with E-state index in [2.05, 4.69) is 15.3 Å². The molecule has 0 unspecified atom stereocenters. The quantitative estimate of drug-likeness (QED) is 0.441. The number of hydrogen-bond acceptors (Lipinski definition) is 4. The second-order valence-electron chi connectivity index (χ2n) is 7.19. The van der Waals surface area contributed by atoms with Crippen LogP contribution in [0.2, 0.25) is 0 Å². The summed E-state index contributed by atoms with van der Waals surface area (Å²) in [7, 11) is 0. The van der Waals surface area contributed by atoms with E-state index in [1.165, 1.54) is 67.1 Å². The van der Waals surface area contributed by atoms with Crippen LogP contribution in [-0.4, -0.2) is 21.8 Å². The number of nitrogens with one attached hydrogen (secondary N) is 1. The molecule has 1 aromatic heterocycles. The Morgan fingerprint density at radius 3 is 1.88 bits per heavy atom. The Morgan fingerprint density at radius 2 is 1.32 bits per heavy atom. The number of carbonyl (C=O) groups excluding carboxylic acids is 2. The summed E-state index contributed by atoms with van der Waals surface area (Å²) >= 11 is 0. The van der Waals surface area contributed by atoms with Crippen molar-refractivity contribution in [2.45, 2.75) is 6.04 Å². The number of rotatable bonds is 6. The van der Waals surface area contributed by atoms with Gasteiger partial charge in [0.05, 0.1) is 6.20 Å². The summed E-state index contributed by atoms with van der Waals surface area (Å²) in [6, 6.07) is 13.8. The molecule has 0 aliphatic rings. The minimum atomic E-state index is -1.31. The molecule has 0 spiro atoms. The predicted octanol–water partition coefficient (Wildman–Crippen LogP) is 4.92. The normalized spacial score (nSPS) is 11.5. The number of amides is 2. The first-order valence-corrected chi connectivity index (χ1v) is 10.1. The molecule has 1 atom stereocenters. The van der Waals surface area contributed by atoms with Crippen molar-refractivity contribution in [3.05, 3.63) is 120 Å². The van der Waals surface area contributed by atoms with Crippen LogP contribution in [0.5, 0.6) is 0 Å². The number of hydrogen-bond donors (Lipinski definition) is 1.